The second-order valence-corrected chi connectivity index (χ2v) is 6.27. The zero-order valence-electron chi connectivity index (χ0n) is 8.79. The Labute approximate surface area is 81.6 Å². The van der Waals surface area contributed by atoms with E-state index in [0.717, 1.165) is 12.8 Å². The monoisotopic (exact) mass is 207 g/mol. The minimum absolute atomic E-state index is 0.288. The van der Waals surface area contributed by atoms with Gasteiger partial charge >= 0.3 is 0 Å². The van der Waals surface area contributed by atoms with Crippen LogP contribution in [0.15, 0.2) is 0 Å². The Morgan fingerprint density at radius 2 is 1.85 bits per heavy atom. The zero-order chi connectivity index (χ0) is 10.5. The van der Waals surface area contributed by atoms with Gasteiger partial charge in [-0.05, 0) is 31.2 Å². The standard InChI is InChI=1S/C9H21NO2S/c1-8(2)9(7-10)5-4-6-13(3,11)12/h8-9H,4-7,10H2,1-3H3. The number of hydrogen-bond acceptors (Lipinski definition) is 3. The summed E-state index contributed by atoms with van der Waals surface area (Å²) in [6.07, 6.45) is 2.93. The zero-order valence-corrected chi connectivity index (χ0v) is 9.60. The first kappa shape index (κ1) is 12.9. The van der Waals surface area contributed by atoms with Gasteiger partial charge in [0, 0.05) is 12.0 Å². The van der Waals surface area contributed by atoms with Crippen molar-refractivity contribution in [1.29, 1.82) is 0 Å². The average molecular weight is 207 g/mol. The molecule has 0 aromatic heterocycles. The summed E-state index contributed by atoms with van der Waals surface area (Å²) in [6.45, 7) is 4.90. The van der Waals surface area contributed by atoms with Crippen LogP contribution in [0, 0.1) is 11.8 Å². The van der Waals surface area contributed by atoms with Gasteiger partial charge in [-0.1, -0.05) is 13.8 Å². The maximum atomic E-state index is 10.8. The van der Waals surface area contributed by atoms with Crippen molar-refractivity contribution in [3.63, 3.8) is 0 Å². The SMILES string of the molecule is CC(C)C(CN)CCCS(C)(=O)=O. The predicted octanol–water partition coefficient (Wildman–Crippen LogP) is 1.04. The van der Waals surface area contributed by atoms with Crippen LogP contribution in [0.3, 0.4) is 0 Å². The topological polar surface area (TPSA) is 60.2 Å². The Morgan fingerprint density at radius 3 is 2.15 bits per heavy atom. The van der Waals surface area contributed by atoms with Crippen LogP contribution in [-0.4, -0.2) is 27.0 Å². The molecule has 0 heterocycles. The molecule has 0 saturated heterocycles. The van der Waals surface area contributed by atoms with Gasteiger partial charge in [-0.3, -0.25) is 0 Å². The lowest BCUT2D eigenvalue weighted by Gasteiger charge is -2.17. The van der Waals surface area contributed by atoms with Crippen LogP contribution in [0.4, 0.5) is 0 Å². The molecular weight excluding hydrogens is 186 g/mol. The molecule has 13 heavy (non-hydrogen) atoms. The molecule has 0 fully saturated rings. The first-order valence-corrected chi connectivity index (χ1v) is 6.80. The first-order valence-electron chi connectivity index (χ1n) is 4.74. The van der Waals surface area contributed by atoms with Crippen LogP contribution < -0.4 is 5.73 Å². The molecule has 0 amide bonds. The molecule has 0 aliphatic heterocycles. The summed E-state index contributed by atoms with van der Waals surface area (Å²) in [4.78, 5) is 0. The van der Waals surface area contributed by atoms with Gasteiger partial charge in [0.2, 0.25) is 0 Å². The number of sulfone groups is 1. The molecule has 80 valence electrons. The molecule has 0 aliphatic carbocycles. The van der Waals surface area contributed by atoms with E-state index in [1.807, 2.05) is 0 Å². The normalized spacial score (nSPS) is 14.8. The highest BCUT2D eigenvalue weighted by molar-refractivity contribution is 7.90. The van der Waals surface area contributed by atoms with E-state index in [1.54, 1.807) is 0 Å². The Kier molecular flexibility index (Phi) is 5.56. The number of nitrogens with two attached hydrogens (primary N) is 1. The summed E-state index contributed by atoms with van der Waals surface area (Å²) in [5.74, 6) is 1.29. The van der Waals surface area contributed by atoms with Gasteiger partial charge in [-0.25, -0.2) is 8.42 Å². The van der Waals surface area contributed by atoms with Crippen LogP contribution in [-0.2, 0) is 9.84 Å². The van der Waals surface area contributed by atoms with E-state index >= 15 is 0 Å². The third kappa shape index (κ3) is 7.02. The predicted molar refractivity (Wildman–Crippen MR) is 56.3 cm³/mol. The fourth-order valence-corrected chi connectivity index (χ4v) is 2.02. The summed E-state index contributed by atoms with van der Waals surface area (Å²) >= 11 is 0. The van der Waals surface area contributed by atoms with Crippen LogP contribution in [0.1, 0.15) is 26.7 Å². The lowest BCUT2D eigenvalue weighted by atomic mass is 9.92. The van der Waals surface area contributed by atoms with Crippen LogP contribution in [0.5, 0.6) is 0 Å². The van der Waals surface area contributed by atoms with Crippen molar-refractivity contribution < 1.29 is 8.42 Å². The van der Waals surface area contributed by atoms with Gasteiger partial charge in [-0.15, -0.1) is 0 Å². The fraction of sp³-hybridized carbons (Fsp3) is 1.00. The molecule has 4 heteroatoms. The summed E-state index contributed by atoms with van der Waals surface area (Å²) in [6, 6.07) is 0. The van der Waals surface area contributed by atoms with Crippen molar-refractivity contribution in [1.82, 2.24) is 0 Å². The Hall–Kier alpha value is -0.0900. The van der Waals surface area contributed by atoms with Crippen molar-refractivity contribution in [2.24, 2.45) is 17.6 Å². The lowest BCUT2D eigenvalue weighted by Crippen LogP contribution is -2.20. The fourth-order valence-electron chi connectivity index (χ4n) is 1.33. The van der Waals surface area contributed by atoms with E-state index in [1.165, 1.54) is 6.26 Å². The molecule has 0 rings (SSSR count). The minimum atomic E-state index is -2.79. The van der Waals surface area contributed by atoms with Gasteiger partial charge < -0.3 is 5.73 Å². The average Bonchev–Trinajstić information content (AvgIpc) is 1.95. The first-order chi connectivity index (χ1) is 5.87. The Balaban J connectivity index is 3.74. The van der Waals surface area contributed by atoms with E-state index in [9.17, 15) is 8.42 Å². The number of rotatable bonds is 6. The third-order valence-electron chi connectivity index (χ3n) is 2.34. The second-order valence-electron chi connectivity index (χ2n) is 4.01. The molecule has 2 N–H and O–H groups in total. The van der Waals surface area contributed by atoms with E-state index in [4.69, 9.17) is 5.73 Å². The van der Waals surface area contributed by atoms with Crippen molar-refractivity contribution in [2.45, 2.75) is 26.7 Å². The van der Waals surface area contributed by atoms with Crippen molar-refractivity contribution in [2.75, 3.05) is 18.6 Å². The van der Waals surface area contributed by atoms with Crippen molar-refractivity contribution >= 4 is 9.84 Å². The van der Waals surface area contributed by atoms with Crippen molar-refractivity contribution in [3.8, 4) is 0 Å². The highest BCUT2D eigenvalue weighted by atomic mass is 32.2. The maximum absolute atomic E-state index is 10.8. The summed E-state index contributed by atoms with van der Waals surface area (Å²) in [7, 11) is -2.79. The van der Waals surface area contributed by atoms with Gasteiger partial charge in [0.15, 0.2) is 0 Å². The van der Waals surface area contributed by atoms with Crippen molar-refractivity contribution in [3.05, 3.63) is 0 Å². The summed E-state index contributed by atoms with van der Waals surface area (Å²) in [5.41, 5.74) is 5.57. The molecule has 1 atom stereocenters. The van der Waals surface area contributed by atoms with E-state index in [2.05, 4.69) is 13.8 Å². The highest BCUT2D eigenvalue weighted by Gasteiger charge is 2.12. The molecule has 0 aliphatic rings. The molecule has 1 unspecified atom stereocenters. The molecule has 0 bridgehead atoms. The second kappa shape index (κ2) is 5.60. The van der Waals surface area contributed by atoms with Crippen LogP contribution in [0.25, 0.3) is 0 Å². The maximum Gasteiger partial charge on any atom is 0.147 e. The molecule has 0 radical (unpaired) electrons. The van der Waals surface area contributed by atoms with E-state index in [0.29, 0.717) is 18.4 Å². The molecule has 0 spiro atoms. The minimum Gasteiger partial charge on any atom is -0.330 e. The van der Waals surface area contributed by atoms with Gasteiger partial charge in [-0.2, -0.15) is 0 Å². The smallest absolute Gasteiger partial charge is 0.147 e. The molecule has 3 nitrogen and oxygen atoms in total. The lowest BCUT2D eigenvalue weighted by molar-refractivity contribution is 0.366. The van der Waals surface area contributed by atoms with Crippen LogP contribution in [0.2, 0.25) is 0 Å². The Morgan fingerprint density at radius 1 is 1.31 bits per heavy atom. The quantitative estimate of drug-likeness (QED) is 0.708. The van der Waals surface area contributed by atoms with E-state index in [-0.39, 0.29) is 5.75 Å². The van der Waals surface area contributed by atoms with Gasteiger partial charge in [0.05, 0.1) is 0 Å². The molecule has 0 saturated carbocycles. The molecule has 0 aromatic rings. The largest absolute Gasteiger partial charge is 0.330 e. The van der Waals surface area contributed by atoms with Gasteiger partial charge in [0.1, 0.15) is 9.84 Å². The molecular formula is C9H21NO2S. The molecule has 0 aromatic carbocycles. The summed E-state index contributed by atoms with van der Waals surface area (Å²) < 4.78 is 21.7. The highest BCUT2D eigenvalue weighted by Crippen LogP contribution is 2.15. The van der Waals surface area contributed by atoms with E-state index < -0.39 is 9.84 Å². The number of hydrogen-bond donors (Lipinski definition) is 1. The Bertz CT molecular complexity index is 222. The van der Waals surface area contributed by atoms with Gasteiger partial charge in [0.25, 0.3) is 0 Å². The summed E-state index contributed by atoms with van der Waals surface area (Å²) in [5, 5.41) is 0. The third-order valence-corrected chi connectivity index (χ3v) is 3.37. The van der Waals surface area contributed by atoms with Crippen LogP contribution >= 0.6 is 0 Å².